The Morgan fingerprint density at radius 1 is 0.211 bits per heavy atom. The van der Waals surface area contributed by atoms with Crippen LogP contribution in [-0.2, 0) is 0 Å². The molecule has 10 rings (SSSR count). The maximum Gasteiger partial charge on any atom is 0.0759 e. The standard InChI is InChI=1S/C42H30S15/c1-19-7-13-25(43-19)31-37-38(32(49-31)26-14-8-20(2)44-26)53-55-41-35(29-17-11-23(5)47-29)51-36(30-18-12-24(6)48-30)42(41)57-56-40-34(28-16-10-22(4)46-28)50-33(39(40)54-52-37)27-15-9-21(3)45-27/h7-18H,1-6H3. The quantitative estimate of drug-likeness (QED) is 0.146. The molecular weight excluding hydrogens is 985 g/mol. The van der Waals surface area contributed by atoms with Crippen LogP contribution < -0.4 is 0 Å². The van der Waals surface area contributed by atoms with Gasteiger partial charge in [0, 0.05) is 58.5 Å². The molecule has 57 heavy (non-hydrogen) atoms. The molecule has 288 valence electrons. The number of aryl methyl sites for hydroxylation is 6. The van der Waals surface area contributed by atoms with Gasteiger partial charge in [-0.3, -0.25) is 0 Å². The second-order valence-electron chi connectivity index (χ2n) is 13.2. The molecule has 10 aromatic rings. The first-order chi connectivity index (χ1) is 27.7. The Morgan fingerprint density at radius 2 is 0.368 bits per heavy atom. The topological polar surface area (TPSA) is 0 Å². The highest BCUT2D eigenvalue weighted by atomic mass is 32.9. The van der Waals surface area contributed by atoms with Gasteiger partial charge in [0.1, 0.15) is 0 Å². The molecule has 15 heteroatoms. The van der Waals surface area contributed by atoms with Crippen LogP contribution in [0.25, 0.3) is 86.7 Å². The zero-order valence-corrected chi connectivity index (χ0v) is 43.3. The fraction of sp³-hybridized carbons (Fsp3) is 0.143. The Kier molecular flexibility index (Phi) is 11.5. The van der Waals surface area contributed by atoms with Crippen LogP contribution in [0.2, 0.25) is 0 Å². The van der Waals surface area contributed by atoms with Crippen molar-refractivity contribution in [1.82, 2.24) is 0 Å². The summed E-state index contributed by atoms with van der Waals surface area (Å²) in [6, 6.07) is 27.8. The molecule has 0 aliphatic carbocycles. The van der Waals surface area contributed by atoms with Crippen molar-refractivity contribution in [2.45, 2.75) is 41.5 Å². The number of hydrogen-bond donors (Lipinski definition) is 0. The van der Waals surface area contributed by atoms with Crippen LogP contribution in [0.4, 0.5) is 0 Å². The van der Waals surface area contributed by atoms with Gasteiger partial charge in [-0.15, -0.1) is 102 Å². The van der Waals surface area contributed by atoms with Crippen LogP contribution in [0.1, 0.15) is 29.3 Å². The predicted octanol–water partition coefficient (Wildman–Crippen LogP) is 21.3. The molecule has 0 saturated heterocycles. The molecular formula is C42H30S15. The maximum absolute atomic E-state index is 2.35. The molecule has 10 aromatic heterocycles. The van der Waals surface area contributed by atoms with E-state index in [2.05, 4.69) is 114 Å². The molecule has 0 unspecified atom stereocenters. The van der Waals surface area contributed by atoms with Crippen molar-refractivity contribution in [3.63, 3.8) is 0 Å². The smallest absolute Gasteiger partial charge is 0.0759 e. The first-order valence-electron chi connectivity index (χ1n) is 17.6. The first kappa shape index (κ1) is 39.7. The summed E-state index contributed by atoms with van der Waals surface area (Å²) in [6.45, 7) is 13.4. The number of rotatable bonds is 6. The second-order valence-corrected chi connectivity index (χ2v) is 30.5. The highest BCUT2D eigenvalue weighted by Gasteiger charge is 2.22. The Hall–Kier alpha value is -1.38. The lowest BCUT2D eigenvalue weighted by molar-refractivity contribution is 1.64. The molecule has 0 N–H and O–H groups in total. The lowest BCUT2D eigenvalue weighted by Crippen LogP contribution is -1.63. The van der Waals surface area contributed by atoms with Crippen LogP contribution in [-0.4, -0.2) is 0 Å². The van der Waals surface area contributed by atoms with Crippen LogP contribution in [0.5, 0.6) is 0 Å². The fourth-order valence-corrected chi connectivity index (χ4v) is 27.5. The van der Waals surface area contributed by atoms with Crippen LogP contribution in [0, 0.1) is 41.5 Å². The summed E-state index contributed by atoms with van der Waals surface area (Å²) in [5, 5.41) is 0. The summed E-state index contributed by atoms with van der Waals surface area (Å²) in [5.41, 5.74) is 0. The molecule has 0 aliphatic heterocycles. The van der Waals surface area contributed by atoms with Crippen molar-refractivity contribution in [1.29, 1.82) is 0 Å². The van der Waals surface area contributed by atoms with Gasteiger partial charge in [0.2, 0.25) is 0 Å². The first-order valence-corrected chi connectivity index (χ1v) is 31.4. The SMILES string of the molecule is Cc1ccc(-c2sc(-c3ccc(C)s3)c3ssc4c(-c5ccc(C)s5)sc(-c5ccc(C)s5)c4ssc4c(-c5ccc(C)s5)sc(-c5ccc(C)s5)c4ssc23)s1. The number of thiophene rings is 9. The summed E-state index contributed by atoms with van der Waals surface area (Å²) < 4.78 is 8.34. The summed E-state index contributed by atoms with van der Waals surface area (Å²) in [4.78, 5) is 24.6. The summed E-state index contributed by atoms with van der Waals surface area (Å²) >= 11 is 17.5. The Labute approximate surface area is 389 Å². The highest BCUT2D eigenvalue weighted by Crippen LogP contribution is 2.56. The van der Waals surface area contributed by atoms with Crippen LogP contribution >= 0.6 is 164 Å². The summed E-state index contributed by atoms with van der Waals surface area (Å²) in [5.74, 6) is 0. The minimum Gasteiger partial charge on any atom is -0.140 e. The van der Waals surface area contributed by atoms with Crippen molar-refractivity contribution in [2.75, 3.05) is 0 Å². The zero-order valence-electron chi connectivity index (χ0n) is 31.1. The molecule has 0 spiro atoms. The van der Waals surface area contributed by atoms with Gasteiger partial charge in [0.05, 0.1) is 57.5 Å². The molecule has 0 saturated carbocycles. The van der Waals surface area contributed by atoms with Gasteiger partial charge in [-0.05, 0) is 114 Å². The van der Waals surface area contributed by atoms with E-state index in [1.165, 1.54) is 116 Å². The average molecular weight is 1020 g/mol. The third-order valence-electron chi connectivity index (χ3n) is 8.88. The Balaban J connectivity index is 1.43. The Morgan fingerprint density at radius 3 is 0.491 bits per heavy atom. The van der Waals surface area contributed by atoms with Crippen molar-refractivity contribution in [3.8, 4) is 58.5 Å². The van der Waals surface area contributed by atoms with E-state index in [0.717, 1.165) is 0 Å². The second kappa shape index (κ2) is 16.5. The minimum atomic E-state index is 1.35. The normalized spacial score (nSPS) is 11.7. The Bertz CT molecular complexity index is 2680. The molecule has 0 atom stereocenters. The maximum atomic E-state index is 2.35. The van der Waals surface area contributed by atoms with Crippen LogP contribution in [0.15, 0.2) is 72.8 Å². The van der Waals surface area contributed by atoms with E-state index in [9.17, 15) is 0 Å². The largest absolute Gasteiger partial charge is 0.140 e. The van der Waals surface area contributed by atoms with E-state index in [1.54, 1.807) is 0 Å². The average Bonchev–Trinajstić information content (AvgIpc) is 4.02. The molecule has 0 radical (unpaired) electrons. The van der Waals surface area contributed by atoms with E-state index in [1.807, 2.05) is 164 Å². The summed E-state index contributed by atoms with van der Waals surface area (Å²) in [6.07, 6.45) is 0. The van der Waals surface area contributed by atoms with Gasteiger partial charge in [-0.2, -0.15) is 0 Å². The van der Waals surface area contributed by atoms with Crippen molar-refractivity contribution in [3.05, 3.63) is 102 Å². The lowest BCUT2D eigenvalue weighted by atomic mass is 10.3. The predicted molar refractivity (Wildman–Crippen MR) is 281 cm³/mol. The monoisotopic (exact) mass is 1010 g/mol. The number of fused-ring (bicyclic) bond motifs is 3. The molecule has 0 fully saturated rings. The van der Waals surface area contributed by atoms with Crippen molar-refractivity contribution < 1.29 is 0 Å². The van der Waals surface area contributed by atoms with Gasteiger partial charge in [-0.1, -0.05) is 62.0 Å². The number of hydrogen-bond acceptors (Lipinski definition) is 15. The van der Waals surface area contributed by atoms with E-state index >= 15 is 0 Å². The van der Waals surface area contributed by atoms with Gasteiger partial charge in [0.15, 0.2) is 0 Å². The van der Waals surface area contributed by atoms with Crippen molar-refractivity contribution in [2.24, 2.45) is 0 Å². The van der Waals surface area contributed by atoms with Gasteiger partial charge >= 0.3 is 0 Å². The molecule has 0 aromatic carbocycles. The van der Waals surface area contributed by atoms with E-state index < -0.39 is 0 Å². The van der Waals surface area contributed by atoms with E-state index in [0.29, 0.717) is 0 Å². The molecule has 0 aliphatic rings. The van der Waals surface area contributed by atoms with Gasteiger partial charge < -0.3 is 0 Å². The van der Waals surface area contributed by atoms with E-state index in [4.69, 9.17) is 0 Å². The fourth-order valence-electron chi connectivity index (χ4n) is 6.22. The third-order valence-corrected chi connectivity index (χ3v) is 28.1. The zero-order chi connectivity index (χ0) is 38.9. The van der Waals surface area contributed by atoms with Gasteiger partial charge in [-0.25, -0.2) is 0 Å². The lowest BCUT2D eigenvalue weighted by Gasteiger charge is -1.95. The third kappa shape index (κ3) is 7.76. The molecule has 0 amide bonds. The minimum absolute atomic E-state index is 1.35. The van der Waals surface area contributed by atoms with Crippen molar-refractivity contribution >= 4 is 192 Å². The molecule has 0 nitrogen and oxygen atoms in total. The highest BCUT2D eigenvalue weighted by molar-refractivity contribution is 7.80. The van der Waals surface area contributed by atoms with Crippen LogP contribution in [0.3, 0.4) is 0 Å². The van der Waals surface area contributed by atoms with Gasteiger partial charge in [0.25, 0.3) is 0 Å². The summed E-state index contributed by atoms with van der Waals surface area (Å²) in [7, 11) is 11.9. The molecule has 0 bridgehead atoms. The molecule has 10 heterocycles. The van der Waals surface area contributed by atoms with E-state index in [-0.39, 0.29) is 0 Å².